The number of benzene rings is 1. The second-order valence-electron chi connectivity index (χ2n) is 5.27. The predicted octanol–water partition coefficient (Wildman–Crippen LogP) is 4.00. The molecule has 1 aliphatic rings. The standard InChI is InChI=1S/C17H13NO4S2/c1-9-3-5-11(16(20)21)7-13(9)18-15(19)14(24-17(18)23)8-12-6-4-10(2)22-12/h3-8H,1-2H3,(H,20,21)/b14-8+. The number of nitrogens with zero attached hydrogens (tertiary/aromatic N) is 1. The first kappa shape index (κ1) is 16.5. The normalized spacial score (nSPS) is 16.2. The van der Waals surface area contributed by atoms with Gasteiger partial charge >= 0.3 is 5.97 Å². The number of carbonyl (C=O) groups is 2. The molecule has 1 aliphatic heterocycles. The van der Waals surface area contributed by atoms with Crippen LogP contribution in [0.1, 0.15) is 27.4 Å². The topological polar surface area (TPSA) is 70.8 Å². The molecule has 0 unspecified atom stereocenters. The molecule has 7 heteroatoms. The molecule has 1 fully saturated rings. The third kappa shape index (κ3) is 3.00. The summed E-state index contributed by atoms with van der Waals surface area (Å²) in [5.74, 6) is -0.0151. The number of rotatable bonds is 3. The van der Waals surface area contributed by atoms with Gasteiger partial charge in [0.2, 0.25) is 0 Å². The van der Waals surface area contributed by atoms with Crippen LogP contribution in [0.3, 0.4) is 0 Å². The minimum atomic E-state index is -1.05. The van der Waals surface area contributed by atoms with E-state index in [-0.39, 0.29) is 11.5 Å². The van der Waals surface area contributed by atoms with Gasteiger partial charge in [0.15, 0.2) is 4.32 Å². The summed E-state index contributed by atoms with van der Waals surface area (Å²) in [5.41, 5.74) is 1.36. The van der Waals surface area contributed by atoms with E-state index in [0.29, 0.717) is 20.7 Å². The summed E-state index contributed by atoms with van der Waals surface area (Å²) in [6, 6.07) is 8.21. The van der Waals surface area contributed by atoms with Crippen LogP contribution >= 0.6 is 24.0 Å². The Morgan fingerprint density at radius 3 is 2.67 bits per heavy atom. The lowest BCUT2D eigenvalue weighted by atomic mass is 10.1. The molecule has 1 aromatic heterocycles. The first-order valence-electron chi connectivity index (χ1n) is 7.05. The molecule has 1 N–H and O–H groups in total. The van der Waals surface area contributed by atoms with Gasteiger partial charge in [0.1, 0.15) is 11.5 Å². The summed E-state index contributed by atoms with van der Waals surface area (Å²) in [6.07, 6.45) is 1.64. The lowest BCUT2D eigenvalue weighted by Gasteiger charge is -2.17. The van der Waals surface area contributed by atoms with Crippen molar-refractivity contribution in [2.24, 2.45) is 0 Å². The second-order valence-corrected chi connectivity index (χ2v) is 6.95. The van der Waals surface area contributed by atoms with Crippen LogP contribution in [0.4, 0.5) is 5.69 Å². The van der Waals surface area contributed by atoms with Crippen molar-refractivity contribution in [3.8, 4) is 0 Å². The van der Waals surface area contributed by atoms with Gasteiger partial charge in [0.05, 0.1) is 16.2 Å². The fraction of sp³-hybridized carbons (Fsp3) is 0.118. The van der Waals surface area contributed by atoms with Crippen molar-refractivity contribution >= 4 is 51.9 Å². The lowest BCUT2D eigenvalue weighted by molar-refractivity contribution is -0.113. The Kier molecular flexibility index (Phi) is 4.29. The summed E-state index contributed by atoms with van der Waals surface area (Å²) in [7, 11) is 0. The molecule has 0 aliphatic carbocycles. The van der Waals surface area contributed by atoms with Crippen LogP contribution in [0, 0.1) is 13.8 Å². The minimum absolute atomic E-state index is 0.107. The van der Waals surface area contributed by atoms with E-state index in [2.05, 4.69) is 0 Å². The third-order valence-electron chi connectivity index (χ3n) is 3.53. The number of thiocarbonyl (C=S) groups is 1. The Labute approximate surface area is 148 Å². The van der Waals surface area contributed by atoms with Crippen LogP contribution in [0.5, 0.6) is 0 Å². The average molecular weight is 359 g/mol. The number of amides is 1. The van der Waals surface area contributed by atoms with E-state index in [4.69, 9.17) is 21.7 Å². The maximum atomic E-state index is 12.7. The molecule has 24 heavy (non-hydrogen) atoms. The Morgan fingerprint density at radius 1 is 1.29 bits per heavy atom. The van der Waals surface area contributed by atoms with Gasteiger partial charge in [0.25, 0.3) is 5.91 Å². The van der Waals surface area contributed by atoms with E-state index in [1.165, 1.54) is 28.8 Å². The third-order valence-corrected chi connectivity index (χ3v) is 4.83. The van der Waals surface area contributed by atoms with Crippen LogP contribution < -0.4 is 4.90 Å². The highest BCUT2D eigenvalue weighted by Crippen LogP contribution is 2.37. The quantitative estimate of drug-likeness (QED) is 0.660. The molecule has 3 rings (SSSR count). The number of anilines is 1. The van der Waals surface area contributed by atoms with Crippen LogP contribution in [0.2, 0.25) is 0 Å². The van der Waals surface area contributed by atoms with Gasteiger partial charge in [-0.3, -0.25) is 9.69 Å². The van der Waals surface area contributed by atoms with Crippen LogP contribution in [0.15, 0.2) is 39.7 Å². The highest BCUT2D eigenvalue weighted by atomic mass is 32.2. The Balaban J connectivity index is 1.99. The van der Waals surface area contributed by atoms with Crippen LogP contribution in [-0.2, 0) is 4.79 Å². The average Bonchev–Trinajstić information content (AvgIpc) is 3.04. The van der Waals surface area contributed by atoms with E-state index in [0.717, 1.165) is 11.3 Å². The monoisotopic (exact) mass is 359 g/mol. The first-order chi connectivity index (χ1) is 11.4. The summed E-state index contributed by atoms with van der Waals surface area (Å²) < 4.78 is 5.82. The molecule has 0 spiro atoms. The van der Waals surface area contributed by atoms with E-state index in [1.807, 2.05) is 13.0 Å². The Bertz CT molecular complexity index is 898. The number of furan rings is 1. The largest absolute Gasteiger partial charge is 0.478 e. The molecular weight excluding hydrogens is 346 g/mol. The van der Waals surface area contributed by atoms with Gasteiger partial charge in [-0.15, -0.1) is 0 Å². The molecular formula is C17H13NO4S2. The summed E-state index contributed by atoms with van der Waals surface area (Å²) in [4.78, 5) is 25.7. The van der Waals surface area contributed by atoms with Gasteiger partial charge < -0.3 is 9.52 Å². The van der Waals surface area contributed by atoms with E-state index in [1.54, 1.807) is 25.1 Å². The molecule has 1 aromatic carbocycles. The Hall–Kier alpha value is -2.38. The van der Waals surface area contributed by atoms with Gasteiger partial charge in [-0.2, -0.15) is 0 Å². The predicted molar refractivity (Wildman–Crippen MR) is 97.2 cm³/mol. The molecule has 0 saturated carbocycles. The summed E-state index contributed by atoms with van der Waals surface area (Å²) in [5, 5.41) is 9.16. The zero-order valence-corrected chi connectivity index (χ0v) is 14.5. The molecule has 2 aromatic rings. The van der Waals surface area contributed by atoms with Crippen molar-refractivity contribution < 1.29 is 19.1 Å². The van der Waals surface area contributed by atoms with Crippen molar-refractivity contribution in [2.45, 2.75) is 13.8 Å². The molecule has 5 nitrogen and oxygen atoms in total. The SMILES string of the molecule is Cc1ccc(/C=C2/SC(=S)N(c3cc(C(=O)O)ccc3C)C2=O)o1. The minimum Gasteiger partial charge on any atom is -0.478 e. The summed E-state index contributed by atoms with van der Waals surface area (Å²) >= 11 is 6.48. The molecule has 1 amide bonds. The van der Waals surface area contributed by atoms with Crippen LogP contribution in [0.25, 0.3) is 6.08 Å². The zero-order chi connectivity index (χ0) is 17.4. The number of hydrogen-bond donors (Lipinski definition) is 1. The fourth-order valence-corrected chi connectivity index (χ4v) is 3.58. The van der Waals surface area contributed by atoms with Gasteiger partial charge in [-0.1, -0.05) is 30.0 Å². The fourth-order valence-electron chi connectivity index (χ4n) is 2.32. The maximum absolute atomic E-state index is 12.7. The smallest absolute Gasteiger partial charge is 0.335 e. The highest BCUT2D eigenvalue weighted by molar-refractivity contribution is 8.27. The summed E-state index contributed by atoms with van der Waals surface area (Å²) in [6.45, 7) is 3.63. The number of carboxylic acids is 1. The number of carbonyl (C=O) groups excluding carboxylic acids is 1. The maximum Gasteiger partial charge on any atom is 0.335 e. The molecule has 122 valence electrons. The lowest BCUT2D eigenvalue weighted by Crippen LogP contribution is -2.28. The van der Waals surface area contributed by atoms with Gasteiger partial charge in [0, 0.05) is 6.08 Å². The number of aryl methyl sites for hydroxylation is 2. The van der Waals surface area contributed by atoms with Crippen molar-refractivity contribution in [3.05, 3.63) is 57.9 Å². The second kappa shape index (κ2) is 6.26. The van der Waals surface area contributed by atoms with Crippen molar-refractivity contribution in [1.29, 1.82) is 0 Å². The number of hydrogen-bond acceptors (Lipinski definition) is 5. The molecule has 2 heterocycles. The number of aromatic carboxylic acids is 1. The van der Waals surface area contributed by atoms with Crippen molar-refractivity contribution in [3.63, 3.8) is 0 Å². The Morgan fingerprint density at radius 2 is 2.04 bits per heavy atom. The zero-order valence-electron chi connectivity index (χ0n) is 12.9. The highest BCUT2D eigenvalue weighted by Gasteiger charge is 2.34. The van der Waals surface area contributed by atoms with E-state index in [9.17, 15) is 9.59 Å². The van der Waals surface area contributed by atoms with Crippen molar-refractivity contribution in [1.82, 2.24) is 0 Å². The molecule has 0 radical (unpaired) electrons. The molecule has 0 bridgehead atoms. The van der Waals surface area contributed by atoms with Gasteiger partial charge in [-0.25, -0.2) is 4.79 Å². The number of carboxylic acid groups (broad SMARTS) is 1. The van der Waals surface area contributed by atoms with Crippen LogP contribution in [-0.4, -0.2) is 21.3 Å². The molecule has 1 saturated heterocycles. The van der Waals surface area contributed by atoms with Crippen molar-refractivity contribution in [2.75, 3.05) is 4.90 Å². The first-order valence-corrected chi connectivity index (χ1v) is 8.27. The van der Waals surface area contributed by atoms with E-state index < -0.39 is 5.97 Å². The number of thioether (sulfide) groups is 1. The van der Waals surface area contributed by atoms with E-state index >= 15 is 0 Å². The van der Waals surface area contributed by atoms with Gasteiger partial charge in [-0.05, 0) is 43.7 Å². The molecule has 0 atom stereocenters.